The molecule has 4 rings (SSSR count). The number of rotatable bonds is 13. The number of methoxy groups -OCH3 is 2. The molecule has 0 aliphatic heterocycles. The van der Waals surface area contributed by atoms with Crippen molar-refractivity contribution in [3.8, 4) is 11.5 Å². The van der Waals surface area contributed by atoms with Gasteiger partial charge in [-0.15, -0.1) is 11.3 Å². The zero-order valence-corrected chi connectivity index (χ0v) is 26.4. The lowest BCUT2D eigenvalue weighted by Gasteiger charge is -2.33. The van der Waals surface area contributed by atoms with E-state index in [9.17, 15) is 9.59 Å². The number of amides is 2. The third kappa shape index (κ3) is 7.34. The summed E-state index contributed by atoms with van der Waals surface area (Å²) < 4.78 is 10.8. The second kappa shape index (κ2) is 14.7. The van der Waals surface area contributed by atoms with E-state index in [0.717, 1.165) is 31.4 Å². The first kappa shape index (κ1) is 31.6. The van der Waals surface area contributed by atoms with Crippen molar-refractivity contribution in [2.24, 2.45) is 0 Å². The fraction of sp³-hybridized carbons (Fsp3) is 0.464. The van der Waals surface area contributed by atoms with Gasteiger partial charge in [0.15, 0.2) is 0 Å². The summed E-state index contributed by atoms with van der Waals surface area (Å²) in [6.45, 7) is 2.40. The number of anilines is 3. The number of halogens is 2. The molecule has 1 saturated carbocycles. The molecule has 0 spiro atoms. The summed E-state index contributed by atoms with van der Waals surface area (Å²) in [7, 11) is 4.85. The van der Waals surface area contributed by atoms with Crippen molar-refractivity contribution in [3.05, 3.63) is 44.5 Å². The average molecular weight is 637 g/mol. The molecule has 2 atom stereocenters. The molecule has 2 aromatic heterocycles. The van der Waals surface area contributed by atoms with Gasteiger partial charge in [-0.3, -0.25) is 9.59 Å². The van der Waals surface area contributed by atoms with Gasteiger partial charge in [-0.05, 0) is 12.8 Å². The summed E-state index contributed by atoms with van der Waals surface area (Å²) >= 11 is 14.8. The summed E-state index contributed by atoms with van der Waals surface area (Å²) in [5.41, 5.74) is 3.56. The predicted molar refractivity (Wildman–Crippen MR) is 166 cm³/mol. The minimum atomic E-state index is -0.0106. The van der Waals surface area contributed by atoms with Crippen LogP contribution in [0.1, 0.15) is 50.3 Å². The Kier molecular flexibility index (Phi) is 11.1. The molecular weight excluding hydrogens is 601 g/mol. The fourth-order valence-electron chi connectivity index (χ4n) is 4.97. The topological polar surface area (TPSA) is 122 Å². The molecule has 2 amide bonds. The molecule has 0 bridgehead atoms. The summed E-state index contributed by atoms with van der Waals surface area (Å²) in [5.74, 6) is 1.68. The van der Waals surface area contributed by atoms with Crippen LogP contribution in [0.25, 0.3) is 0 Å². The van der Waals surface area contributed by atoms with E-state index in [4.69, 9.17) is 37.7 Å². The van der Waals surface area contributed by atoms with Crippen molar-refractivity contribution in [1.29, 1.82) is 0 Å². The molecule has 3 aromatic rings. The van der Waals surface area contributed by atoms with Gasteiger partial charge >= 0.3 is 0 Å². The van der Waals surface area contributed by atoms with Crippen molar-refractivity contribution in [2.45, 2.75) is 64.2 Å². The highest BCUT2D eigenvalue weighted by Crippen LogP contribution is 2.46. The first-order valence-corrected chi connectivity index (χ1v) is 15.3. The Balaban J connectivity index is 1.69. The van der Waals surface area contributed by atoms with Gasteiger partial charge in [0.1, 0.15) is 27.4 Å². The monoisotopic (exact) mass is 635 g/mol. The van der Waals surface area contributed by atoms with E-state index in [0.29, 0.717) is 48.2 Å². The van der Waals surface area contributed by atoms with E-state index in [1.165, 1.54) is 30.5 Å². The highest BCUT2D eigenvalue weighted by atomic mass is 35.5. The van der Waals surface area contributed by atoms with Crippen LogP contribution in [0.4, 0.5) is 17.5 Å². The number of hydrogen-bond donors (Lipinski definition) is 2. The van der Waals surface area contributed by atoms with Gasteiger partial charge in [-0.2, -0.15) is 4.98 Å². The minimum Gasteiger partial charge on any atom is -0.495 e. The molecule has 1 aliphatic carbocycles. The van der Waals surface area contributed by atoms with Crippen LogP contribution in [0.2, 0.25) is 10.0 Å². The van der Waals surface area contributed by atoms with Crippen LogP contribution < -0.4 is 29.9 Å². The van der Waals surface area contributed by atoms with Crippen LogP contribution in [0.5, 0.6) is 11.5 Å². The van der Waals surface area contributed by atoms with Gasteiger partial charge in [0, 0.05) is 48.8 Å². The van der Waals surface area contributed by atoms with E-state index in [1.807, 2.05) is 24.3 Å². The Hall–Kier alpha value is -3.35. The number of carbonyl (C=O) groups excluding carboxylic acids is 2. The average Bonchev–Trinajstić information content (AvgIpc) is 3.51. The molecule has 2 heterocycles. The normalized spacial score (nSPS) is 16.4. The lowest BCUT2D eigenvalue weighted by molar-refractivity contribution is -0.121. The minimum absolute atomic E-state index is 0.00914. The molecule has 14 heteroatoms. The highest BCUT2D eigenvalue weighted by Gasteiger charge is 2.28. The number of aromatic nitrogens is 3. The lowest BCUT2D eigenvalue weighted by atomic mass is 9.90. The number of thiazole rings is 1. The maximum absolute atomic E-state index is 12.4. The van der Waals surface area contributed by atoms with Gasteiger partial charge in [0.2, 0.25) is 18.3 Å². The van der Waals surface area contributed by atoms with Gasteiger partial charge < -0.3 is 29.9 Å². The molecule has 2 unspecified atom stereocenters. The van der Waals surface area contributed by atoms with E-state index >= 15 is 0 Å². The standard InChI is InChI=1S/C28H35Cl2N7O4S/c1-5-23(39)33-19-8-6-7-9-20(19)34-28-31-11-17(27(35-28)36(2)13-18-14-42-15-32-18)12-37(16-38)26-24(29)21(40-3)10-22(41-4)25(26)30/h10-11,14-16,19-20H,5-9,12-13H2,1-4H3,(H,33,39)(H,31,34,35). The van der Waals surface area contributed by atoms with Crippen LogP contribution in [-0.4, -0.2) is 60.6 Å². The second-order valence-corrected chi connectivity index (χ2v) is 11.4. The van der Waals surface area contributed by atoms with Crippen LogP contribution in [0, 0.1) is 0 Å². The molecule has 11 nitrogen and oxygen atoms in total. The molecule has 1 aromatic carbocycles. The maximum atomic E-state index is 12.4. The van der Waals surface area contributed by atoms with Crippen LogP contribution >= 0.6 is 34.5 Å². The summed E-state index contributed by atoms with van der Waals surface area (Å²) in [6, 6.07) is 1.54. The van der Waals surface area contributed by atoms with E-state index in [1.54, 1.807) is 17.8 Å². The SMILES string of the molecule is CCC(=O)NC1CCCCC1Nc1ncc(CN(C=O)c2c(Cl)c(OC)cc(OC)c2Cl)c(N(C)Cc2cscn2)n1. The van der Waals surface area contributed by atoms with Gasteiger partial charge in [0.25, 0.3) is 0 Å². The number of benzene rings is 1. The second-order valence-electron chi connectivity index (χ2n) is 9.93. The summed E-state index contributed by atoms with van der Waals surface area (Å²) in [5, 5.41) is 8.90. The van der Waals surface area contributed by atoms with Crippen molar-refractivity contribution in [2.75, 3.05) is 36.4 Å². The highest BCUT2D eigenvalue weighted by molar-refractivity contribution is 7.07. The number of carbonyl (C=O) groups is 2. The molecular formula is C28H35Cl2N7O4S. The van der Waals surface area contributed by atoms with Crippen molar-refractivity contribution < 1.29 is 19.1 Å². The molecule has 1 aliphatic rings. The third-order valence-electron chi connectivity index (χ3n) is 7.14. The van der Waals surface area contributed by atoms with Crippen LogP contribution in [0.15, 0.2) is 23.2 Å². The number of nitrogens with zero attached hydrogens (tertiary/aromatic N) is 5. The van der Waals surface area contributed by atoms with Crippen LogP contribution in [-0.2, 0) is 22.7 Å². The Morgan fingerprint density at radius 1 is 1.12 bits per heavy atom. The molecule has 1 fully saturated rings. The number of hydrogen-bond acceptors (Lipinski definition) is 10. The summed E-state index contributed by atoms with van der Waals surface area (Å²) in [4.78, 5) is 41.8. The lowest BCUT2D eigenvalue weighted by Crippen LogP contribution is -2.48. The first-order valence-electron chi connectivity index (χ1n) is 13.6. The zero-order chi connectivity index (χ0) is 30.2. The Labute approximate surface area is 259 Å². The molecule has 226 valence electrons. The molecule has 0 radical (unpaired) electrons. The van der Waals surface area contributed by atoms with Gasteiger partial charge in [-0.25, -0.2) is 9.97 Å². The predicted octanol–water partition coefficient (Wildman–Crippen LogP) is 5.31. The number of ether oxygens (including phenoxy) is 2. The fourth-order valence-corrected chi connectivity index (χ4v) is 6.24. The smallest absolute Gasteiger partial charge is 0.224 e. The molecule has 2 N–H and O–H groups in total. The van der Waals surface area contributed by atoms with Crippen molar-refractivity contribution in [1.82, 2.24) is 20.3 Å². The van der Waals surface area contributed by atoms with Gasteiger partial charge in [0.05, 0.1) is 44.2 Å². The van der Waals surface area contributed by atoms with Crippen LogP contribution in [0.3, 0.4) is 0 Å². The third-order valence-corrected chi connectivity index (χ3v) is 8.51. The number of nitrogens with one attached hydrogen (secondary N) is 2. The Morgan fingerprint density at radius 3 is 2.40 bits per heavy atom. The largest absolute Gasteiger partial charge is 0.495 e. The van der Waals surface area contributed by atoms with E-state index in [2.05, 4.69) is 20.6 Å². The van der Waals surface area contributed by atoms with E-state index < -0.39 is 0 Å². The maximum Gasteiger partial charge on any atom is 0.224 e. The first-order chi connectivity index (χ1) is 20.3. The van der Waals surface area contributed by atoms with Crippen molar-refractivity contribution in [3.63, 3.8) is 0 Å². The van der Waals surface area contributed by atoms with E-state index in [-0.39, 0.29) is 40.3 Å². The van der Waals surface area contributed by atoms with Crippen molar-refractivity contribution >= 4 is 64.3 Å². The molecule has 42 heavy (non-hydrogen) atoms. The quantitative estimate of drug-likeness (QED) is 0.241. The Morgan fingerprint density at radius 2 is 1.81 bits per heavy atom. The molecule has 0 saturated heterocycles. The summed E-state index contributed by atoms with van der Waals surface area (Å²) in [6.07, 6.45) is 6.63. The zero-order valence-electron chi connectivity index (χ0n) is 24.0. The Bertz CT molecular complexity index is 1350. The van der Waals surface area contributed by atoms with Gasteiger partial charge in [-0.1, -0.05) is 43.0 Å².